The standard InChI is InChI=1S/C6H10N4O2/c1-4-2-5(8-9-7)3-10(4)6(11)12/h4-5,7H,2-3H2,1H3. The van der Waals surface area contributed by atoms with Gasteiger partial charge in [0.25, 0.3) is 0 Å². The lowest BCUT2D eigenvalue weighted by molar-refractivity contribution is -0.266. The molecule has 0 aromatic heterocycles. The van der Waals surface area contributed by atoms with Crippen molar-refractivity contribution in [2.45, 2.75) is 25.4 Å². The Balaban J connectivity index is 2.61. The van der Waals surface area contributed by atoms with E-state index < -0.39 is 6.09 Å². The number of nitrogens with one attached hydrogen (secondary N) is 1. The molecular weight excluding hydrogens is 160 g/mol. The van der Waals surface area contributed by atoms with Crippen LogP contribution in [0.1, 0.15) is 13.3 Å². The van der Waals surface area contributed by atoms with E-state index in [-0.39, 0.29) is 12.1 Å². The lowest BCUT2D eigenvalue weighted by Gasteiger charge is -2.22. The van der Waals surface area contributed by atoms with Crippen molar-refractivity contribution in [2.24, 2.45) is 5.11 Å². The van der Waals surface area contributed by atoms with Crippen LogP contribution in [0.3, 0.4) is 0 Å². The first kappa shape index (κ1) is 8.67. The average Bonchev–Trinajstić information content (AvgIpc) is 2.32. The summed E-state index contributed by atoms with van der Waals surface area (Å²) in [6.07, 6.45) is -0.554. The van der Waals surface area contributed by atoms with Crippen molar-refractivity contribution in [3.8, 4) is 0 Å². The lowest BCUT2D eigenvalue weighted by atomic mass is 10.2. The Morgan fingerprint density at radius 1 is 1.83 bits per heavy atom. The normalized spacial score (nSPS) is 28.2. The summed E-state index contributed by atoms with van der Waals surface area (Å²) < 4.78 is 0. The molecule has 0 bridgehead atoms. The van der Waals surface area contributed by atoms with Crippen LogP contribution in [0.4, 0.5) is 4.79 Å². The second-order valence-electron chi connectivity index (χ2n) is 2.87. The van der Waals surface area contributed by atoms with Gasteiger partial charge in [-0.05, 0) is 13.3 Å². The van der Waals surface area contributed by atoms with Gasteiger partial charge in [0, 0.05) is 12.6 Å². The third-order valence-electron chi connectivity index (χ3n) is 2.01. The zero-order valence-electron chi connectivity index (χ0n) is 6.73. The molecule has 0 saturated carbocycles. The molecule has 0 radical (unpaired) electrons. The van der Waals surface area contributed by atoms with Gasteiger partial charge in [0.15, 0.2) is 6.04 Å². The van der Waals surface area contributed by atoms with Crippen LogP contribution >= 0.6 is 0 Å². The van der Waals surface area contributed by atoms with Crippen LogP contribution in [0.15, 0.2) is 5.11 Å². The number of carbonyl (C=O) groups is 1. The minimum atomic E-state index is -1.18. The Kier molecular flexibility index (Phi) is 2.40. The number of nitrogens with zero attached hydrogens (tertiary/aromatic N) is 3. The van der Waals surface area contributed by atoms with Crippen molar-refractivity contribution in [2.75, 3.05) is 6.54 Å². The summed E-state index contributed by atoms with van der Waals surface area (Å²) in [5.41, 5.74) is 6.48. The zero-order valence-corrected chi connectivity index (χ0v) is 6.73. The molecule has 6 nitrogen and oxygen atoms in total. The highest BCUT2D eigenvalue weighted by atomic mass is 16.4. The van der Waals surface area contributed by atoms with Gasteiger partial charge < -0.3 is 14.8 Å². The Bertz CT molecular complexity index is 236. The van der Waals surface area contributed by atoms with E-state index in [1.165, 1.54) is 4.90 Å². The predicted octanol–water partition coefficient (Wildman–Crippen LogP) is -0.657. The Morgan fingerprint density at radius 3 is 2.92 bits per heavy atom. The number of likely N-dealkylation sites (tertiary alicyclic amines) is 1. The molecule has 1 aliphatic rings. The highest BCUT2D eigenvalue weighted by Crippen LogP contribution is 2.18. The second-order valence-corrected chi connectivity index (χ2v) is 2.87. The molecule has 1 amide bonds. The molecule has 12 heavy (non-hydrogen) atoms. The first-order chi connectivity index (χ1) is 5.65. The molecule has 66 valence electrons. The van der Waals surface area contributed by atoms with Crippen LogP contribution in [0, 0.1) is 5.53 Å². The van der Waals surface area contributed by atoms with Crippen LogP contribution < -0.4 is 10.0 Å². The second kappa shape index (κ2) is 3.32. The van der Waals surface area contributed by atoms with E-state index in [1.54, 1.807) is 6.92 Å². The summed E-state index contributed by atoms with van der Waals surface area (Å²) in [6, 6.07) is -0.249. The molecule has 1 aliphatic heterocycles. The first-order valence-corrected chi connectivity index (χ1v) is 3.69. The highest BCUT2D eigenvalue weighted by molar-refractivity contribution is 5.63. The molecular formula is C6H10N4O2. The largest absolute Gasteiger partial charge is 0.530 e. The van der Waals surface area contributed by atoms with Crippen LogP contribution in [0.2, 0.25) is 0 Å². The van der Waals surface area contributed by atoms with Gasteiger partial charge in [-0.3, -0.25) is 0 Å². The molecule has 1 rings (SSSR count). The SMILES string of the molecule is CC1CC(N=[N+]=N)CN1C(=O)[O-]. The Morgan fingerprint density at radius 2 is 2.50 bits per heavy atom. The number of hydrogen-bond acceptors (Lipinski definition) is 4. The fraction of sp³-hybridized carbons (Fsp3) is 0.833. The van der Waals surface area contributed by atoms with Crippen molar-refractivity contribution >= 4 is 6.09 Å². The Labute approximate surface area is 69.4 Å². The number of rotatable bonds is 1. The molecule has 0 aromatic carbocycles. The number of hydrogen-bond donors (Lipinski definition) is 1. The summed E-state index contributed by atoms with van der Waals surface area (Å²) in [6.45, 7) is 2.08. The summed E-state index contributed by atoms with van der Waals surface area (Å²) in [7, 11) is 0. The smallest absolute Gasteiger partial charge is 0.214 e. The van der Waals surface area contributed by atoms with Crippen molar-refractivity contribution in [3.05, 3.63) is 0 Å². The van der Waals surface area contributed by atoms with Gasteiger partial charge in [0.1, 0.15) is 16.7 Å². The zero-order chi connectivity index (χ0) is 9.14. The molecule has 6 heteroatoms. The van der Waals surface area contributed by atoms with Crippen molar-refractivity contribution in [1.29, 1.82) is 5.53 Å². The van der Waals surface area contributed by atoms with E-state index in [0.717, 1.165) is 0 Å². The number of carboxylic acid groups (broad SMARTS) is 1. The van der Waals surface area contributed by atoms with Crippen molar-refractivity contribution in [1.82, 2.24) is 9.81 Å². The van der Waals surface area contributed by atoms with Gasteiger partial charge in [0.05, 0.1) is 0 Å². The molecule has 0 aliphatic carbocycles. The quantitative estimate of drug-likeness (QED) is 0.418. The van der Waals surface area contributed by atoms with E-state index in [9.17, 15) is 9.90 Å². The molecule has 2 unspecified atom stereocenters. The van der Waals surface area contributed by atoms with Gasteiger partial charge in [-0.2, -0.15) is 0 Å². The van der Waals surface area contributed by atoms with Crippen LogP contribution in [-0.4, -0.2) is 29.6 Å². The topological polar surface area (TPSA) is 93.7 Å². The highest BCUT2D eigenvalue weighted by Gasteiger charge is 2.31. The summed E-state index contributed by atoms with van der Waals surface area (Å²) in [5, 5.41) is 14.0. The van der Waals surface area contributed by atoms with E-state index >= 15 is 0 Å². The van der Waals surface area contributed by atoms with Gasteiger partial charge in [-0.15, -0.1) is 0 Å². The minimum Gasteiger partial charge on any atom is -0.530 e. The summed E-state index contributed by atoms with van der Waals surface area (Å²) >= 11 is 0. The third kappa shape index (κ3) is 1.60. The fourth-order valence-electron chi connectivity index (χ4n) is 1.42. The molecule has 0 spiro atoms. The van der Waals surface area contributed by atoms with Gasteiger partial charge in [0.2, 0.25) is 4.91 Å². The number of carbonyl (C=O) groups excluding carboxylic acids is 1. The van der Waals surface area contributed by atoms with Crippen LogP contribution in [-0.2, 0) is 0 Å². The molecule has 1 fully saturated rings. The van der Waals surface area contributed by atoms with Crippen LogP contribution in [0.25, 0.3) is 0 Å². The maximum absolute atomic E-state index is 10.5. The van der Waals surface area contributed by atoms with Crippen molar-refractivity contribution in [3.63, 3.8) is 0 Å². The van der Waals surface area contributed by atoms with E-state index in [4.69, 9.17) is 5.53 Å². The molecule has 1 heterocycles. The van der Waals surface area contributed by atoms with Crippen LogP contribution in [0.5, 0.6) is 0 Å². The van der Waals surface area contributed by atoms with Gasteiger partial charge >= 0.3 is 0 Å². The number of amides is 1. The van der Waals surface area contributed by atoms with E-state index in [0.29, 0.717) is 13.0 Å². The molecule has 1 N–H and O–H groups in total. The van der Waals surface area contributed by atoms with E-state index in [2.05, 4.69) is 10.0 Å². The van der Waals surface area contributed by atoms with Gasteiger partial charge in [-0.1, -0.05) is 0 Å². The molecule has 0 aromatic rings. The summed E-state index contributed by atoms with van der Waals surface area (Å²) in [4.78, 5) is 14.5. The molecule has 1 saturated heterocycles. The predicted molar refractivity (Wildman–Crippen MR) is 37.3 cm³/mol. The third-order valence-corrected chi connectivity index (χ3v) is 2.01. The average molecular weight is 170 g/mol. The maximum Gasteiger partial charge on any atom is 0.214 e. The van der Waals surface area contributed by atoms with Gasteiger partial charge in [-0.25, -0.2) is 0 Å². The summed E-state index contributed by atoms with van der Waals surface area (Å²) in [5.74, 6) is 0. The fourth-order valence-corrected chi connectivity index (χ4v) is 1.42. The Hall–Kier alpha value is -1.42. The minimum absolute atomic E-state index is 0.0782. The first-order valence-electron chi connectivity index (χ1n) is 3.69. The maximum atomic E-state index is 10.5. The van der Waals surface area contributed by atoms with E-state index in [1.807, 2.05) is 0 Å². The van der Waals surface area contributed by atoms with Crippen molar-refractivity contribution < 1.29 is 9.90 Å². The molecule has 2 atom stereocenters. The monoisotopic (exact) mass is 170 g/mol. The lowest BCUT2D eigenvalue weighted by Crippen LogP contribution is -2.43.